The molecule has 1 aromatic carbocycles. The predicted octanol–water partition coefficient (Wildman–Crippen LogP) is 1.66. The van der Waals surface area contributed by atoms with Crippen LogP contribution in [0.3, 0.4) is 0 Å². The second-order valence-electron chi connectivity index (χ2n) is 5.20. The second-order valence-corrected chi connectivity index (χ2v) is 5.20. The van der Waals surface area contributed by atoms with E-state index in [0.717, 1.165) is 5.56 Å². The number of carbonyl (C=O) groups excluding carboxylic acids is 1. The van der Waals surface area contributed by atoms with Crippen molar-refractivity contribution in [3.63, 3.8) is 0 Å². The van der Waals surface area contributed by atoms with Gasteiger partial charge in [-0.2, -0.15) is 5.26 Å². The van der Waals surface area contributed by atoms with Gasteiger partial charge in [-0.1, -0.05) is 12.1 Å². The molecule has 0 bridgehead atoms. The van der Waals surface area contributed by atoms with Gasteiger partial charge in [-0.3, -0.25) is 9.69 Å². The van der Waals surface area contributed by atoms with Crippen molar-refractivity contribution in [2.24, 2.45) is 0 Å². The van der Waals surface area contributed by atoms with Crippen LogP contribution in [0.15, 0.2) is 24.3 Å². The largest absolute Gasteiger partial charge is 0.351 e. The fourth-order valence-electron chi connectivity index (χ4n) is 2.49. The molecule has 1 N–H and O–H groups in total. The van der Waals surface area contributed by atoms with Crippen molar-refractivity contribution < 1.29 is 4.79 Å². The molecule has 19 heavy (non-hydrogen) atoms. The molecule has 4 heteroatoms. The summed E-state index contributed by atoms with van der Waals surface area (Å²) >= 11 is 0. The Morgan fingerprint density at radius 2 is 2.11 bits per heavy atom. The molecule has 3 atom stereocenters. The van der Waals surface area contributed by atoms with Gasteiger partial charge < -0.3 is 5.32 Å². The summed E-state index contributed by atoms with van der Waals surface area (Å²) in [5.74, 6) is 0.0713. The Balaban J connectivity index is 2.20. The van der Waals surface area contributed by atoms with Crippen LogP contribution in [0.1, 0.15) is 31.9 Å². The first kappa shape index (κ1) is 13.6. The Morgan fingerprint density at radius 1 is 1.37 bits per heavy atom. The zero-order chi connectivity index (χ0) is 14.0. The average molecular weight is 257 g/mol. The van der Waals surface area contributed by atoms with Crippen LogP contribution in [-0.4, -0.2) is 28.9 Å². The zero-order valence-electron chi connectivity index (χ0n) is 11.6. The summed E-state index contributed by atoms with van der Waals surface area (Å²) in [5.41, 5.74) is 1.73. The highest BCUT2D eigenvalue weighted by Crippen LogP contribution is 2.19. The van der Waals surface area contributed by atoms with E-state index in [9.17, 15) is 4.79 Å². The summed E-state index contributed by atoms with van der Waals surface area (Å²) in [6.45, 7) is 6.75. The summed E-state index contributed by atoms with van der Waals surface area (Å²) < 4.78 is 0. The number of rotatable bonds is 2. The number of hydrogen-bond donors (Lipinski definition) is 1. The average Bonchev–Trinajstić information content (AvgIpc) is 2.41. The molecule has 0 aromatic heterocycles. The van der Waals surface area contributed by atoms with Crippen LogP contribution >= 0.6 is 0 Å². The maximum atomic E-state index is 11.9. The molecule has 3 unspecified atom stereocenters. The van der Waals surface area contributed by atoms with E-state index in [0.29, 0.717) is 12.1 Å². The molecule has 1 amide bonds. The summed E-state index contributed by atoms with van der Waals surface area (Å²) in [6.07, 6.45) is 0. The van der Waals surface area contributed by atoms with Crippen LogP contribution in [0.5, 0.6) is 0 Å². The third kappa shape index (κ3) is 2.77. The van der Waals surface area contributed by atoms with Crippen molar-refractivity contribution >= 4 is 5.91 Å². The Kier molecular flexibility index (Phi) is 3.87. The van der Waals surface area contributed by atoms with Gasteiger partial charge in [0.25, 0.3) is 0 Å². The minimum Gasteiger partial charge on any atom is -0.351 e. The lowest BCUT2D eigenvalue weighted by Crippen LogP contribution is -2.62. The van der Waals surface area contributed by atoms with Crippen molar-refractivity contribution in [1.82, 2.24) is 10.2 Å². The van der Waals surface area contributed by atoms with Crippen molar-refractivity contribution in [3.05, 3.63) is 35.4 Å². The van der Waals surface area contributed by atoms with Gasteiger partial charge in [0.1, 0.15) is 0 Å². The number of piperazine rings is 1. The molecular formula is C15H19N3O. The lowest BCUT2D eigenvalue weighted by Gasteiger charge is -2.42. The molecule has 0 radical (unpaired) electrons. The third-order valence-corrected chi connectivity index (χ3v) is 3.91. The molecule has 1 aliphatic heterocycles. The molecule has 0 aliphatic carbocycles. The van der Waals surface area contributed by atoms with Gasteiger partial charge >= 0.3 is 0 Å². The van der Waals surface area contributed by atoms with Crippen molar-refractivity contribution in [2.75, 3.05) is 0 Å². The smallest absolute Gasteiger partial charge is 0.237 e. The number of nitrogens with one attached hydrogen (secondary N) is 1. The Morgan fingerprint density at radius 3 is 2.79 bits per heavy atom. The standard InChI is InChI=1S/C15H19N3O/c1-10-11(2)18(12(3)15(19)17-10)9-14-6-4-5-13(7-14)8-16/h4-7,10-12H,9H2,1-3H3,(H,17,19). The lowest BCUT2D eigenvalue weighted by molar-refractivity contribution is -0.132. The van der Waals surface area contributed by atoms with E-state index in [1.807, 2.05) is 32.0 Å². The zero-order valence-corrected chi connectivity index (χ0v) is 11.6. The lowest BCUT2D eigenvalue weighted by atomic mass is 10.0. The van der Waals surface area contributed by atoms with E-state index >= 15 is 0 Å². The summed E-state index contributed by atoms with van der Waals surface area (Å²) in [6, 6.07) is 9.99. The monoisotopic (exact) mass is 257 g/mol. The number of amides is 1. The molecule has 1 aromatic rings. The van der Waals surface area contributed by atoms with Crippen molar-refractivity contribution in [2.45, 2.75) is 45.4 Å². The topological polar surface area (TPSA) is 56.1 Å². The molecule has 2 rings (SSSR count). The maximum Gasteiger partial charge on any atom is 0.237 e. The number of benzene rings is 1. The van der Waals surface area contributed by atoms with E-state index in [-0.39, 0.29) is 24.0 Å². The quantitative estimate of drug-likeness (QED) is 0.876. The fourth-order valence-corrected chi connectivity index (χ4v) is 2.49. The summed E-state index contributed by atoms with van der Waals surface area (Å²) in [7, 11) is 0. The molecular weight excluding hydrogens is 238 g/mol. The van der Waals surface area contributed by atoms with E-state index < -0.39 is 0 Å². The van der Waals surface area contributed by atoms with E-state index in [1.54, 1.807) is 6.07 Å². The number of hydrogen-bond acceptors (Lipinski definition) is 3. The molecule has 4 nitrogen and oxygen atoms in total. The first-order chi connectivity index (χ1) is 9.02. The molecule has 1 aliphatic rings. The highest BCUT2D eigenvalue weighted by atomic mass is 16.2. The molecule has 1 saturated heterocycles. The van der Waals surface area contributed by atoms with Gasteiger partial charge in [0.2, 0.25) is 5.91 Å². The van der Waals surface area contributed by atoms with Gasteiger partial charge in [0.15, 0.2) is 0 Å². The van der Waals surface area contributed by atoms with Crippen LogP contribution in [-0.2, 0) is 11.3 Å². The summed E-state index contributed by atoms with van der Waals surface area (Å²) in [5, 5.41) is 11.9. The van der Waals surface area contributed by atoms with Crippen LogP contribution in [0, 0.1) is 11.3 Å². The molecule has 0 spiro atoms. The Hall–Kier alpha value is -1.86. The van der Waals surface area contributed by atoms with Crippen LogP contribution < -0.4 is 5.32 Å². The van der Waals surface area contributed by atoms with Crippen LogP contribution in [0.2, 0.25) is 0 Å². The number of nitrogens with zero attached hydrogens (tertiary/aromatic N) is 2. The molecule has 100 valence electrons. The van der Waals surface area contributed by atoms with Gasteiger partial charge in [-0.05, 0) is 38.5 Å². The highest BCUT2D eigenvalue weighted by molar-refractivity contribution is 5.82. The van der Waals surface area contributed by atoms with Crippen molar-refractivity contribution in [3.8, 4) is 6.07 Å². The molecule has 1 fully saturated rings. The number of nitriles is 1. The number of carbonyl (C=O) groups is 1. The van der Waals surface area contributed by atoms with Gasteiger partial charge in [0.05, 0.1) is 17.7 Å². The highest BCUT2D eigenvalue weighted by Gasteiger charge is 2.34. The fraction of sp³-hybridized carbons (Fsp3) is 0.467. The maximum absolute atomic E-state index is 11.9. The first-order valence-electron chi connectivity index (χ1n) is 6.58. The van der Waals surface area contributed by atoms with Gasteiger partial charge in [-0.15, -0.1) is 0 Å². The third-order valence-electron chi connectivity index (χ3n) is 3.91. The first-order valence-corrected chi connectivity index (χ1v) is 6.58. The van der Waals surface area contributed by atoms with Gasteiger partial charge in [-0.25, -0.2) is 0 Å². The van der Waals surface area contributed by atoms with Gasteiger partial charge in [0, 0.05) is 18.6 Å². The van der Waals surface area contributed by atoms with Crippen molar-refractivity contribution in [1.29, 1.82) is 5.26 Å². The Labute approximate surface area is 114 Å². The predicted molar refractivity (Wildman–Crippen MR) is 73.2 cm³/mol. The SMILES string of the molecule is CC1NC(=O)C(C)N(Cc2cccc(C#N)c2)C1C. The summed E-state index contributed by atoms with van der Waals surface area (Å²) in [4.78, 5) is 14.0. The van der Waals surface area contributed by atoms with E-state index in [1.165, 1.54) is 0 Å². The molecule has 0 saturated carbocycles. The Bertz CT molecular complexity index is 520. The van der Waals surface area contributed by atoms with Crippen LogP contribution in [0.25, 0.3) is 0 Å². The van der Waals surface area contributed by atoms with E-state index in [2.05, 4.69) is 23.2 Å². The molecule has 1 heterocycles. The normalized spacial score (nSPS) is 27.7. The second kappa shape index (κ2) is 5.41. The minimum atomic E-state index is -0.142. The van der Waals surface area contributed by atoms with Crippen LogP contribution in [0.4, 0.5) is 0 Å². The minimum absolute atomic E-state index is 0.0713. The van der Waals surface area contributed by atoms with E-state index in [4.69, 9.17) is 5.26 Å².